The summed E-state index contributed by atoms with van der Waals surface area (Å²) in [5, 5.41) is 12.4. The van der Waals surface area contributed by atoms with Crippen LogP contribution in [-0.4, -0.2) is 57.3 Å². The van der Waals surface area contributed by atoms with Gasteiger partial charge in [-0.2, -0.15) is 4.98 Å². The summed E-state index contributed by atoms with van der Waals surface area (Å²) in [7, 11) is 0. The number of carbonyl (C=O) groups is 1. The maximum absolute atomic E-state index is 12.8. The van der Waals surface area contributed by atoms with Crippen molar-refractivity contribution in [2.45, 2.75) is 38.5 Å². The van der Waals surface area contributed by atoms with E-state index in [2.05, 4.69) is 25.2 Å². The van der Waals surface area contributed by atoms with E-state index in [0.717, 1.165) is 38.3 Å². The Morgan fingerprint density at radius 3 is 2.68 bits per heavy atom. The van der Waals surface area contributed by atoms with Crippen LogP contribution in [-0.2, 0) is 0 Å². The van der Waals surface area contributed by atoms with Gasteiger partial charge in [-0.05, 0) is 37.8 Å². The molecule has 2 aliphatic rings. The van der Waals surface area contributed by atoms with Crippen LogP contribution < -0.4 is 4.90 Å². The first-order valence-corrected chi connectivity index (χ1v) is 8.89. The Morgan fingerprint density at radius 2 is 2.00 bits per heavy atom. The van der Waals surface area contributed by atoms with Crippen LogP contribution in [0.2, 0.25) is 0 Å². The fraction of sp³-hybridized carbons (Fsp3) is 0.588. The van der Waals surface area contributed by atoms with Gasteiger partial charge in [-0.15, -0.1) is 10.2 Å². The van der Waals surface area contributed by atoms with Gasteiger partial charge in [-0.3, -0.25) is 4.79 Å². The summed E-state index contributed by atoms with van der Waals surface area (Å²) in [6.07, 6.45) is 4.26. The summed E-state index contributed by atoms with van der Waals surface area (Å²) < 4.78 is 5.07. The highest BCUT2D eigenvalue weighted by Crippen LogP contribution is 2.26. The van der Waals surface area contributed by atoms with Crippen molar-refractivity contribution >= 4 is 11.7 Å². The minimum absolute atomic E-state index is 0.0783. The molecule has 0 bridgehead atoms. The third kappa shape index (κ3) is 3.33. The lowest BCUT2D eigenvalue weighted by atomic mass is 9.97. The van der Waals surface area contributed by atoms with Crippen LogP contribution in [0, 0.1) is 6.92 Å². The molecule has 2 aliphatic heterocycles. The average molecular weight is 342 g/mol. The largest absolute Gasteiger partial charge is 0.355 e. The molecule has 2 fully saturated rings. The lowest BCUT2D eigenvalue weighted by Gasteiger charge is -2.31. The van der Waals surface area contributed by atoms with Crippen LogP contribution in [0.5, 0.6) is 0 Å². The summed E-state index contributed by atoms with van der Waals surface area (Å²) in [6.45, 7) is 5.12. The first-order valence-electron chi connectivity index (χ1n) is 8.89. The number of aryl methyl sites for hydroxylation is 1. The molecule has 25 heavy (non-hydrogen) atoms. The van der Waals surface area contributed by atoms with Crippen molar-refractivity contribution in [1.82, 2.24) is 25.2 Å². The molecule has 4 rings (SSSR count). The molecule has 2 saturated heterocycles. The SMILES string of the molecule is Cc1nc([C@@H]2CCCN(C(=O)c3ccc(N4CCCC4)nn3)C2)no1. The number of aromatic nitrogens is 4. The summed E-state index contributed by atoms with van der Waals surface area (Å²) in [5.74, 6) is 2.14. The fourth-order valence-electron chi connectivity index (χ4n) is 3.57. The first kappa shape index (κ1) is 16.0. The molecule has 0 N–H and O–H groups in total. The Labute approximate surface area is 146 Å². The van der Waals surface area contributed by atoms with Crippen LogP contribution in [0.3, 0.4) is 0 Å². The number of rotatable bonds is 3. The van der Waals surface area contributed by atoms with Gasteiger partial charge in [0.15, 0.2) is 17.3 Å². The second-order valence-corrected chi connectivity index (χ2v) is 6.73. The van der Waals surface area contributed by atoms with Gasteiger partial charge in [0.05, 0.1) is 0 Å². The lowest BCUT2D eigenvalue weighted by molar-refractivity contribution is 0.0696. The van der Waals surface area contributed by atoms with Crippen molar-refractivity contribution in [3.8, 4) is 0 Å². The van der Waals surface area contributed by atoms with Crippen molar-refractivity contribution in [1.29, 1.82) is 0 Å². The van der Waals surface area contributed by atoms with Gasteiger partial charge in [0.2, 0.25) is 5.89 Å². The lowest BCUT2D eigenvalue weighted by Crippen LogP contribution is -2.39. The predicted octanol–water partition coefficient (Wildman–Crippen LogP) is 1.79. The Morgan fingerprint density at radius 1 is 1.16 bits per heavy atom. The van der Waals surface area contributed by atoms with Crippen molar-refractivity contribution < 1.29 is 9.32 Å². The van der Waals surface area contributed by atoms with Gasteiger partial charge in [0.25, 0.3) is 5.91 Å². The van der Waals surface area contributed by atoms with E-state index in [1.165, 1.54) is 12.8 Å². The maximum Gasteiger partial charge on any atom is 0.274 e. The van der Waals surface area contributed by atoms with Crippen molar-refractivity contribution in [2.24, 2.45) is 0 Å². The number of likely N-dealkylation sites (tertiary alicyclic amines) is 1. The molecule has 0 aliphatic carbocycles. The van der Waals surface area contributed by atoms with Gasteiger partial charge in [-0.25, -0.2) is 0 Å². The number of piperidine rings is 1. The summed E-state index contributed by atoms with van der Waals surface area (Å²) in [6, 6.07) is 3.68. The fourth-order valence-corrected chi connectivity index (χ4v) is 3.57. The van der Waals surface area contributed by atoms with Crippen LogP contribution in [0.4, 0.5) is 5.82 Å². The third-order valence-electron chi connectivity index (χ3n) is 4.92. The van der Waals surface area contributed by atoms with Gasteiger partial charge in [-0.1, -0.05) is 5.16 Å². The highest BCUT2D eigenvalue weighted by Gasteiger charge is 2.29. The van der Waals surface area contributed by atoms with Crippen molar-refractivity contribution in [3.05, 3.63) is 29.5 Å². The maximum atomic E-state index is 12.8. The van der Waals surface area contributed by atoms with E-state index in [1.54, 1.807) is 13.0 Å². The number of anilines is 1. The van der Waals surface area contributed by atoms with Gasteiger partial charge in [0.1, 0.15) is 0 Å². The molecular formula is C17H22N6O2. The van der Waals surface area contributed by atoms with Gasteiger partial charge in [0, 0.05) is 39.0 Å². The quantitative estimate of drug-likeness (QED) is 0.840. The Bertz CT molecular complexity index is 738. The number of carbonyl (C=O) groups excluding carboxylic acids is 1. The molecule has 2 aromatic heterocycles. The van der Waals surface area contributed by atoms with Crippen LogP contribution >= 0.6 is 0 Å². The number of hydrogen-bond donors (Lipinski definition) is 0. The molecule has 2 aromatic rings. The van der Waals surface area contributed by atoms with E-state index in [9.17, 15) is 4.79 Å². The van der Waals surface area contributed by atoms with Gasteiger partial charge >= 0.3 is 0 Å². The monoisotopic (exact) mass is 342 g/mol. The molecule has 1 amide bonds. The zero-order chi connectivity index (χ0) is 17.2. The average Bonchev–Trinajstić information content (AvgIpc) is 3.33. The molecule has 0 radical (unpaired) electrons. The topological polar surface area (TPSA) is 88.3 Å². The Balaban J connectivity index is 1.44. The molecule has 0 unspecified atom stereocenters. The molecular weight excluding hydrogens is 320 g/mol. The zero-order valence-electron chi connectivity index (χ0n) is 14.4. The number of hydrogen-bond acceptors (Lipinski definition) is 7. The standard InChI is InChI=1S/C17H22N6O2/c1-12-18-16(21-25-12)13-5-4-10-23(11-13)17(24)14-6-7-15(20-19-14)22-8-2-3-9-22/h6-7,13H,2-5,8-11H2,1H3/t13-/m1/s1. The molecule has 4 heterocycles. The highest BCUT2D eigenvalue weighted by atomic mass is 16.5. The summed E-state index contributed by atoms with van der Waals surface area (Å²) >= 11 is 0. The Kier molecular flexibility index (Phi) is 4.33. The minimum Gasteiger partial charge on any atom is -0.355 e. The van der Waals surface area contributed by atoms with E-state index >= 15 is 0 Å². The molecule has 1 atom stereocenters. The predicted molar refractivity (Wildman–Crippen MR) is 90.4 cm³/mol. The van der Waals surface area contributed by atoms with Crippen LogP contribution in [0.1, 0.15) is 53.8 Å². The normalized spacial score (nSPS) is 20.9. The molecule has 8 heteroatoms. The smallest absolute Gasteiger partial charge is 0.274 e. The minimum atomic E-state index is -0.0783. The third-order valence-corrected chi connectivity index (χ3v) is 4.92. The van der Waals surface area contributed by atoms with Crippen molar-refractivity contribution in [3.63, 3.8) is 0 Å². The second kappa shape index (κ2) is 6.78. The molecule has 0 spiro atoms. The van der Waals surface area contributed by atoms with Gasteiger partial charge < -0.3 is 14.3 Å². The molecule has 0 aromatic carbocycles. The Hall–Kier alpha value is -2.51. The van der Waals surface area contributed by atoms with Crippen LogP contribution in [0.25, 0.3) is 0 Å². The van der Waals surface area contributed by atoms with E-state index in [0.29, 0.717) is 24.0 Å². The second-order valence-electron chi connectivity index (χ2n) is 6.73. The molecule has 0 saturated carbocycles. The van der Waals surface area contributed by atoms with E-state index in [1.807, 2.05) is 11.0 Å². The van der Waals surface area contributed by atoms with Crippen molar-refractivity contribution in [2.75, 3.05) is 31.1 Å². The number of amides is 1. The number of nitrogens with zero attached hydrogens (tertiary/aromatic N) is 6. The van der Waals surface area contributed by atoms with Crippen LogP contribution in [0.15, 0.2) is 16.7 Å². The first-order chi connectivity index (χ1) is 12.2. The van der Waals surface area contributed by atoms with E-state index in [-0.39, 0.29) is 11.8 Å². The highest BCUT2D eigenvalue weighted by molar-refractivity contribution is 5.92. The molecule has 8 nitrogen and oxygen atoms in total. The summed E-state index contributed by atoms with van der Waals surface area (Å²) in [5.41, 5.74) is 0.396. The zero-order valence-corrected chi connectivity index (χ0v) is 14.4. The van der Waals surface area contributed by atoms with E-state index < -0.39 is 0 Å². The summed E-state index contributed by atoms with van der Waals surface area (Å²) in [4.78, 5) is 21.1. The molecule has 132 valence electrons. The van der Waals surface area contributed by atoms with E-state index in [4.69, 9.17) is 4.52 Å².